The van der Waals surface area contributed by atoms with Crippen LogP contribution >= 0.6 is 0 Å². The Morgan fingerprint density at radius 2 is 2.22 bits per heavy atom. The molecule has 98 valence electrons. The summed E-state index contributed by atoms with van der Waals surface area (Å²) < 4.78 is 5.31. The number of hydrogen-bond acceptors (Lipinski definition) is 4. The molecule has 2 rings (SSSR count). The fourth-order valence-corrected chi connectivity index (χ4v) is 2.06. The number of nitrogens with two attached hydrogens (primary N) is 1. The van der Waals surface area contributed by atoms with Crippen molar-refractivity contribution in [2.24, 2.45) is 5.73 Å². The van der Waals surface area contributed by atoms with Gasteiger partial charge < -0.3 is 15.8 Å². The molecular formula is C13H19N3O2. The van der Waals surface area contributed by atoms with Crippen LogP contribution in [0.2, 0.25) is 0 Å². The van der Waals surface area contributed by atoms with Gasteiger partial charge in [0.15, 0.2) is 0 Å². The number of nitrogens with one attached hydrogen (secondary N) is 1. The van der Waals surface area contributed by atoms with E-state index in [4.69, 9.17) is 10.5 Å². The second-order valence-corrected chi connectivity index (χ2v) is 4.74. The first-order valence-electron chi connectivity index (χ1n) is 6.18. The number of aryl methyl sites for hydroxylation is 1. The molecule has 1 amide bonds. The van der Waals surface area contributed by atoms with E-state index in [-0.39, 0.29) is 11.4 Å². The predicted molar refractivity (Wildman–Crippen MR) is 68.3 cm³/mol. The summed E-state index contributed by atoms with van der Waals surface area (Å²) in [6.45, 7) is 3.61. The average Bonchev–Trinajstić information content (AvgIpc) is 2.40. The Kier molecular flexibility index (Phi) is 3.93. The number of carbonyl (C=O) groups is 1. The van der Waals surface area contributed by atoms with Crippen LogP contribution in [-0.4, -0.2) is 36.2 Å². The molecule has 0 radical (unpaired) electrons. The molecule has 5 heteroatoms. The zero-order valence-electron chi connectivity index (χ0n) is 10.6. The van der Waals surface area contributed by atoms with Gasteiger partial charge in [0.1, 0.15) is 0 Å². The number of aromatic nitrogens is 1. The minimum Gasteiger partial charge on any atom is -0.381 e. The third-order valence-electron chi connectivity index (χ3n) is 3.39. The number of ether oxygens (including phenoxy) is 1. The van der Waals surface area contributed by atoms with Crippen molar-refractivity contribution in [3.63, 3.8) is 0 Å². The van der Waals surface area contributed by atoms with E-state index in [1.807, 2.05) is 13.0 Å². The van der Waals surface area contributed by atoms with Crippen molar-refractivity contribution in [2.75, 3.05) is 19.8 Å². The highest BCUT2D eigenvalue weighted by Gasteiger charge is 2.32. The lowest BCUT2D eigenvalue weighted by molar-refractivity contribution is 0.0388. The second kappa shape index (κ2) is 5.46. The Hall–Kier alpha value is -1.46. The molecular weight excluding hydrogens is 230 g/mol. The van der Waals surface area contributed by atoms with Crippen LogP contribution in [0.3, 0.4) is 0 Å². The predicted octanol–water partition coefficient (Wildman–Crippen LogP) is 0.628. The first-order chi connectivity index (χ1) is 8.65. The number of amides is 1. The average molecular weight is 249 g/mol. The summed E-state index contributed by atoms with van der Waals surface area (Å²) in [5.41, 5.74) is 6.93. The van der Waals surface area contributed by atoms with E-state index >= 15 is 0 Å². The first-order valence-corrected chi connectivity index (χ1v) is 6.18. The van der Waals surface area contributed by atoms with E-state index in [1.165, 1.54) is 0 Å². The van der Waals surface area contributed by atoms with Crippen LogP contribution in [0.25, 0.3) is 0 Å². The summed E-state index contributed by atoms with van der Waals surface area (Å²) in [5.74, 6) is -0.116. The highest BCUT2D eigenvalue weighted by molar-refractivity contribution is 5.94. The van der Waals surface area contributed by atoms with E-state index in [2.05, 4.69) is 10.3 Å². The molecule has 1 aliphatic rings. The van der Waals surface area contributed by atoms with E-state index < -0.39 is 0 Å². The summed E-state index contributed by atoms with van der Waals surface area (Å²) in [5, 5.41) is 3.03. The Bertz CT molecular complexity index is 411. The number of nitrogens with zero attached hydrogens (tertiary/aromatic N) is 1. The molecule has 0 unspecified atom stereocenters. The van der Waals surface area contributed by atoms with Gasteiger partial charge in [-0.25, -0.2) is 0 Å². The van der Waals surface area contributed by atoms with E-state index in [0.29, 0.717) is 25.3 Å². The lowest BCUT2D eigenvalue weighted by Gasteiger charge is -2.36. The standard InChI is InChI=1S/C13H19N3O2/c1-10-2-3-11(8-15-10)12(17)16-13(9-14)4-6-18-7-5-13/h2-3,8H,4-7,9,14H2,1H3,(H,16,17). The van der Waals surface area contributed by atoms with Crippen molar-refractivity contribution < 1.29 is 9.53 Å². The zero-order valence-corrected chi connectivity index (χ0v) is 10.6. The van der Waals surface area contributed by atoms with Crippen LogP contribution in [0.5, 0.6) is 0 Å². The molecule has 1 fully saturated rings. The van der Waals surface area contributed by atoms with E-state index in [9.17, 15) is 4.79 Å². The monoisotopic (exact) mass is 249 g/mol. The van der Waals surface area contributed by atoms with Crippen molar-refractivity contribution >= 4 is 5.91 Å². The lowest BCUT2D eigenvalue weighted by atomic mass is 9.90. The van der Waals surface area contributed by atoms with Gasteiger partial charge in [-0.15, -0.1) is 0 Å². The minimum absolute atomic E-state index is 0.116. The van der Waals surface area contributed by atoms with Crippen molar-refractivity contribution in [3.05, 3.63) is 29.6 Å². The molecule has 1 saturated heterocycles. The van der Waals surface area contributed by atoms with Crippen LogP contribution in [0, 0.1) is 6.92 Å². The maximum atomic E-state index is 12.1. The molecule has 0 spiro atoms. The van der Waals surface area contributed by atoms with Crippen LogP contribution in [-0.2, 0) is 4.74 Å². The summed E-state index contributed by atoms with van der Waals surface area (Å²) in [6, 6.07) is 3.61. The Labute approximate surface area is 107 Å². The van der Waals surface area contributed by atoms with Gasteiger partial charge in [-0.3, -0.25) is 9.78 Å². The van der Waals surface area contributed by atoms with Gasteiger partial charge in [-0.1, -0.05) is 0 Å². The summed E-state index contributed by atoms with van der Waals surface area (Å²) in [4.78, 5) is 16.3. The first kappa shape index (κ1) is 13.0. The van der Waals surface area contributed by atoms with Crippen LogP contribution in [0.4, 0.5) is 0 Å². The van der Waals surface area contributed by atoms with E-state index in [1.54, 1.807) is 12.3 Å². The fourth-order valence-electron chi connectivity index (χ4n) is 2.06. The number of pyridine rings is 1. The SMILES string of the molecule is Cc1ccc(C(=O)NC2(CN)CCOCC2)cn1. The topological polar surface area (TPSA) is 77.2 Å². The van der Waals surface area contributed by atoms with Crippen molar-refractivity contribution in [2.45, 2.75) is 25.3 Å². The Balaban J connectivity index is 2.07. The van der Waals surface area contributed by atoms with Crippen molar-refractivity contribution in [1.29, 1.82) is 0 Å². The van der Waals surface area contributed by atoms with Crippen LogP contribution in [0.1, 0.15) is 28.9 Å². The molecule has 0 saturated carbocycles. The smallest absolute Gasteiger partial charge is 0.253 e. The highest BCUT2D eigenvalue weighted by Crippen LogP contribution is 2.20. The van der Waals surface area contributed by atoms with E-state index in [0.717, 1.165) is 18.5 Å². The van der Waals surface area contributed by atoms with Gasteiger partial charge >= 0.3 is 0 Å². The molecule has 5 nitrogen and oxygen atoms in total. The maximum absolute atomic E-state index is 12.1. The maximum Gasteiger partial charge on any atom is 0.253 e. The quantitative estimate of drug-likeness (QED) is 0.823. The van der Waals surface area contributed by atoms with Crippen LogP contribution in [0.15, 0.2) is 18.3 Å². The minimum atomic E-state index is -0.333. The van der Waals surface area contributed by atoms with Gasteiger partial charge in [-0.2, -0.15) is 0 Å². The number of hydrogen-bond donors (Lipinski definition) is 2. The lowest BCUT2D eigenvalue weighted by Crippen LogP contribution is -2.56. The number of carbonyl (C=O) groups excluding carboxylic acids is 1. The molecule has 0 aliphatic carbocycles. The van der Waals surface area contributed by atoms with Crippen molar-refractivity contribution in [1.82, 2.24) is 10.3 Å². The Morgan fingerprint density at radius 3 is 2.78 bits per heavy atom. The molecule has 1 aromatic rings. The molecule has 0 bridgehead atoms. The normalized spacial score (nSPS) is 18.3. The highest BCUT2D eigenvalue weighted by atomic mass is 16.5. The third kappa shape index (κ3) is 2.86. The fraction of sp³-hybridized carbons (Fsp3) is 0.538. The molecule has 18 heavy (non-hydrogen) atoms. The molecule has 3 N–H and O–H groups in total. The van der Waals surface area contributed by atoms with Gasteiger partial charge in [0.05, 0.1) is 11.1 Å². The van der Waals surface area contributed by atoms with Gasteiger partial charge in [0.25, 0.3) is 5.91 Å². The van der Waals surface area contributed by atoms with Gasteiger partial charge in [0.2, 0.25) is 0 Å². The molecule has 0 atom stereocenters. The van der Waals surface area contributed by atoms with Crippen molar-refractivity contribution in [3.8, 4) is 0 Å². The van der Waals surface area contributed by atoms with Gasteiger partial charge in [0, 0.05) is 31.6 Å². The molecule has 0 aromatic carbocycles. The largest absolute Gasteiger partial charge is 0.381 e. The second-order valence-electron chi connectivity index (χ2n) is 4.74. The van der Waals surface area contributed by atoms with Crippen LogP contribution < -0.4 is 11.1 Å². The Morgan fingerprint density at radius 1 is 1.50 bits per heavy atom. The number of rotatable bonds is 3. The zero-order chi connectivity index (χ0) is 13.0. The molecule has 1 aromatic heterocycles. The summed E-state index contributed by atoms with van der Waals surface area (Å²) in [7, 11) is 0. The third-order valence-corrected chi connectivity index (χ3v) is 3.39. The summed E-state index contributed by atoms with van der Waals surface area (Å²) in [6.07, 6.45) is 3.11. The molecule has 2 heterocycles. The van der Waals surface area contributed by atoms with Gasteiger partial charge in [-0.05, 0) is 31.9 Å². The summed E-state index contributed by atoms with van der Waals surface area (Å²) >= 11 is 0. The molecule has 1 aliphatic heterocycles.